The Labute approximate surface area is 226 Å². The molecule has 1 saturated heterocycles. The third-order valence-electron chi connectivity index (χ3n) is 6.89. The van der Waals surface area contributed by atoms with Crippen LogP contribution in [0.25, 0.3) is 27.9 Å². The number of hydrogen-bond donors (Lipinski definition) is 2. The number of aromatic hydroxyl groups is 1. The number of hydrogen-bond acceptors (Lipinski definition) is 6. The fourth-order valence-electron chi connectivity index (χ4n) is 4.65. The lowest BCUT2D eigenvalue weighted by Crippen LogP contribution is -2.43. The Balaban J connectivity index is 1.58. The number of anilines is 1. The number of pyridine rings is 1. The first kappa shape index (κ1) is 26.6. The molecule has 0 spiro atoms. The summed E-state index contributed by atoms with van der Waals surface area (Å²) in [6, 6.07) is 8.34. The van der Waals surface area contributed by atoms with Gasteiger partial charge in [-0.3, -0.25) is 4.57 Å². The van der Waals surface area contributed by atoms with Crippen molar-refractivity contribution in [3.8, 4) is 39.6 Å². The van der Waals surface area contributed by atoms with E-state index in [4.69, 9.17) is 16.3 Å². The number of β-amino-alcohol motifs (C(OH)–C–C–N with tert-alkyl or cyclic N) is 1. The topological polar surface area (TPSA) is 92.8 Å². The number of aromatic nitrogens is 3. The molecule has 2 aromatic heterocycles. The summed E-state index contributed by atoms with van der Waals surface area (Å²) in [5.41, 5.74) is -1.24. The van der Waals surface area contributed by atoms with Gasteiger partial charge in [0, 0.05) is 42.3 Å². The van der Waals surface area contributed by atoms with Crippen LogP contribution < -0.4 is 15.3 Å². The van der Waals surface area contributed by atoms with Crippen molar-refractivity contribution < 1.29 is 28.1 Å². The number of aryl methyl sites for hydroxylation is 1. The Kier molecular flexibility index (Phi) is 6.39. The Bertz CT molecular complexity index is 1630. The fourth-order valence-corrected chi connectivity index (χ4v) is 4.92. The first-order chi connectivity index (χ1) is 18.3. The number of nitrogens with zero attached hydrogens (tertiary/aromatic N) is 4. The normalized spacial score (nSPS) is 18.5. The molecule has 2 aromatic carbocycles. The standard InChI is InChI=1S/C27H24ClF3N4O4/c1-26(38)13-34(14-27(26,30)31)22-9-16(12-32-24(22)39-3)19-11-17(29)10-18(23(19)36)15-4-5-21(20(28)8-15)35-7-6-33(2)25(35)37/h4-12,36,38H,13-14H2,1-3H3/t26-/m0/s1. The maximum atomic E-state index is 14.8. The molecule has 1 fully saturated rings. The van der Waals surface area contributed by atoms with E-state index in [1.807, 2.05) is 0 Å². The van der Waals surface area contributed by atoms with E-state index in [2.05, 4.69) is 4.98 Å². The van der Waals surface area contributed by atoms with Crippen LogP contribution in [-0.2, 0) is 7.05 Å². The molecule has 4 aromatic rings. The molecule has 0 unspecified atom stereocenters. The summed E-state index contributed by atoms with van der Waals surface area (Å²) in [7, 11) is 2.93. The molecule has 1 atom stereocenters. The largest absolute Gasteiger partial charge is 0.507 e. The zero-order chi connectivity index (χ0) is 28.3. The van der Waals surface area contributed by atoms with Gasteiger partial charge in [0.05, 0.1) is 30.9 Å². The van der Waals surface area contributed by atoms with E-state index in [0.29, 0.717) is 11.3 Å². The lowest BCUT2D eigenvalue weighted by Gasteiger charge is -2.23. The molecule has 204 valence electrons. The Morgan fingerprint density at radius 3 is 2.31 bits per heavy atom. The molecule has 2 N–H and O–H groups in total. The van der Waals surface area contributed by atoms with Crippen LogP contribution in [-0.4, -0.2) is 56.1 Å². The van der Waals surface area contributed by atoms with E-state index in [1.54, 1.807) is 31.6 Å². The van der Waals surface area contributed by atoms with E-state index in [0.717, 1.165) is 19.1 Å². The van der Waals surface area contributed by atoms with Crippen LogP contribution in [0.4, 0.5) is 18.9 Å². The Hall–Kier alpha value is -3.96. The van der Waals surface area contributed by atoms with Crippen LogP contribution in [0.2, 0.25) is 5.02 Å². The molecule has 12 heteroatoms. The fraction of sp³-hybridized carbons (Fsp3) is 0.259. The van der Waals surface area contributed by atoms with E-state index in [9.17, 15) is 28.2 Å². The number of rotatable bonds is 5. The summed E-state index contributed by atoms with van der Waals surface area (Å²) in [6.45, 7) is -0.125. The monoisotopic (exact) mass is 560 g/mol. The van der Waals surface area contributed by atoms with Gasteiger partial charge in [0.15, 0.2) is 0 Å². The average Bonchev–Trinajstić information content (AvgIpc) is 3.32. The van der Waals surface area contributed by atoms with Crippen molar-refractivity contribution in [1.82, 2.24) is 14.1 Å². The van der Waals surface area contributed by atoms with Crippen LogP contribution in [0.15, 0.2) is 59.8 Å². The highest BCUT2D eigenvalue weighted by Crippen LogP contribution is 2.44. The lowest BCUT2D eigenvalue weighted by atomic mass is 9.97. The minimum atomic E-state index is -3.39. The molecule has 0 amide bonds. The minimum absolute atomic E-state index is 0.0295. The molecule has 39 heavy (non-hydrogen) atoms. The molecule has 0 bridgehead atoms. The number of imidazole rings is 1. The van der Waals surface area contributed by atoms with Gasteiger partial charge in [-0.25, -0.2) is 22.9 Å². The third kappa shape index (κ3) is 4.51. The van der Waals surface area contributed by atoms with Crippen molar-refractivity contribution in [2.24, 2.45) is 7.05 Å². The highest BCUT2D eigenvalue weighted by atomic mass is 35.5. The zero-order valence-corrected chi connectivity index (χ0v) is 21.9. The zero-order valence-electron chi connectivity index (χ0n) is 21.1. The van der Waals surface area contributed by atoms with Gasteiger partial charge in [-0.2, -0.15) is 0 Å². The average molecular weight is 561 g/mol. The van der Waals surface area contributed by atoms with Gasteiger partial charge in [-0.15, -0.1) is 0 Å². The van der Waals surface area contributed by atoms with Gasteiger partial charge >= 0.3 is 5.69 Å². The molecule has 5 rings (SSSR count). The molecule has 0 aliphatic carbocycles. The van der Waals surface area contributed by atoms with Crippen LogP contribution >= 0.6 is 11.6 Å². The highest BCUT2D eigenvalue weighted by Gasteiger charge is 2.57. The number of alkyl halides is 2. The molecule has 3 heterocycles. The smallest absolute Gasteiger partial charge is 0.332 e. The van der Waals surface area contributed by atoms with Gasteiger partial charge in [-0.1, -0.05) is 17.7 Å². The van der Waals surface area contributed by atoms with E-state index in [1.165, 1.54) is 39.5 Å². The Morgan fingerprint density at radius 2 is 1.74 bits per heavy atom. The first-order valence-electron chi connectivity index (χ1n) is 11.8. The third-order valence-corrected chi connectivity index (χ3v) is 7.20. The number of benzene rings is 2. The van der Waals surface area contributed by atoms with Crippen molar-refractivity contribution in [3.63, 3.8) is 0 Å². The summed E-state index contributed by atoms with van der Waals surface area (Å²) in [5.74, 6) is -4.33. The molecule has 0 saturated carbocycles. The maximum absolute atomic E-state index is 14.8. The van der Waals surface area contributed by atoms with E-state index < -0.39 is 30.4 Å². The van der Waals surface area contributed by atoms with Crippen LogP contribution in [0.5, 0.6) is 11.6 Å². The number of halogens is 4. The van der Waals surface area contributed by atoms with Crippen LogP contribution in [0.3, 0.4) is 0 Å². The molecular formula is C27H24ClF3N4O4. The van der Waals surface area contributed by atoms with Crippen molar-refractivity contribution in [1.29, 1.82) is 0 Å². The van der Waals surface area contributed by atoms with Crippen molar-refractivity contribution in [2.45, 2.75) is 18.4 Å². The van der Waals surface area contributed by atoms with Gasteiger partial charge < -0.3 is 24.4 Å². The number of phenols is 1. The van der Waals surface area contributed by atoms with Gasteiger partial charge in [0.25, 0.3) is 5.92 Å². The van der Waals surface area contributed by atoms with Gasteiger partial charge in [-0.05, 0) is 42.8 Å². The summed E-state index contributed by atoms with van der Waals surface area (Å²) in [6.07, 6.45) is 4.47. The predicted molar refractivity (Wildman–Crippen MR) is 141 cm³/mol. The second-order valence-electron chi connectivity index (χ2n) is 9.66. The molecule has 1 aliphatic heterocycles. The van der Waals surface area contributed by atoms with Gasteiger partial charge in [0.2, 0.25) is 5.88 Å². The summed E-state index contributed by atoms with van der Waals surface area (Å²) in [4.78, 5) is 17.7. The number of ether oxygens (including phenoxy) is 1. The predicted octanol–water partition coefficient (Wildman–Crippen LogP) is 4.62. The van der Waals surface area contributed by atoms with E-state index in [-0.39, 0.29) is 44.7 Å². The molecule has 8 nitrogen and oxygen atoms in total. The summed E-state index contributed by atoms with van der Waals surface area (Å²) >= 11 is 6.46. The second-order valence-corrected chi connectivity index (χ2v) is 10.1. The molecule has 0 radical (unpaired) electrons. The van der Waals surface area contributed by atoms with Crippen LogP contribution in [0.1, 0.15) is 6.92 Å². The van der Waals surface area contributed by atoms with Gasteiger partial charge in [0.1, 0.15) is 22.9 Å². The number of phenolic OH excluding ortho intramolecular Hbond substituents is 1. The lowest BCUT2D eigenvalue weighted by molar-refractivity contribution is -0.134. The Morgan fingerprint density at radius 1 is 1.05 bits per heavy atom. The first-order valence-corrected chi connectivity index (χ1v) is 12.2. The van der Waals surface area contributed by atoms with Crippen molar-refractivity contribution >= 4 is 17.3 Å². The van der Waals surface area contributed by atoms with Crippen molar-refractivity contribution in [2.75, 3.05) is 25.1 Å². The molecular weight excluding hydrogens is 537 g/mol. The summed E-state index contributed by atoms with van der Waals surface area (Å²) in [5, 5.41) is 21.6. The molecule has 1 aliphatic rings. The van der Waals surface area contributed by atoms with Crippen LogP contribution in [0, 0.1) is 5.82 Å². The van der Waals surface area contributed by atoms with E-state index >= 15 is 0 Å². The summed E-state index contributed by atoms with van der Waals surface area (Å²) < 4.78 is 51.6. The second kappa shape index (κ2) is 9.35. The maximum Gasteiger partial charge on any atom is 0.332 e. The number of aliphatic hydroxyl groups is 1. The quantitative estimate of drug-likeness (QED) is 0.370. The number of methoxy groups -OCH3 is 1. The SMILES string of the molecule is COc1ncc(-c2cc(F)cc(-c3ccc(-n4ccn(C)c4=O)c(Cl)c3)c2O)cc1N1CC(F)(F)[C@@](C)(O)C1. The van der Waals surface area contributed by atoms with Crippen molar-refractivity contribution in [3.05, 3.63) is 76.3 Å². The highest BCUT2D eigenvalue weighted by molar-refractivity contribution is 6.32. The minimum Gasteiger partial charge on any atom is -0.507 e.